The summed E-state index contributed by atoms with van der Waals surface area (Å²) in [6.45, 7) is 2.19. The SMILES string of the molecule is CCCNC(=O)NS(=O)(=O)c1ccc(Cl)cc1O. The van der Waals surface area contributed by atoms with Crippen LogP contribution in [0.3, 0.4) is 0 Å². The third-order valence-corrected chi connectivity index (χ3v) is 3.59. The van der Waals surface area contributed by atoms with Crippen LogP contribution in [0.4, 0.5) is 4.79 Å². The van der Waals surface area contributed by atoms with E-state index in [0.29, 0.717) is 13.0 Å². The lowest BCUT2D eigenvalue weighted by Crippen LogP contribution is -2.39. The molecule has 8 heteroatoms. The number of hydrogen-bond donors (Lipinski definition) is 3. The third-order valence-electron chi connectivity index (χ3n) is 1.97. The van der Waals surface area contributed by atoms with E-state index in [2.05, 4.69) is 5.32 Å². The molecule has 0 spiro atoms. The summed E-state index contributed by atoms with van der Waals surface area (Å²) < 4.78 is 25.3. The lowest BCUT2D eigenvalue weighted by atomic mass is 10.3. The van der Waals surface area contributed by atoms with Crippen molar-refractivity contribution in [1.29, 1.82) is 0 Å². The van der Waals surface area contributed by atoms with Crippen molar-refractivity contribution in [3.63, 3.8) is 0 Å². The maximum Gasteiger partial charge on any atom is 0.328 e. The first-order valence-electron chi connectivity index (χ1n) is 5.16. The number of carbonyl (C=O) groups excluding carboxylic acids is 1. The molecule has 0 aliphatic carbocycles. The fraction of sp³-hybridized carbons (Fsp3) is 0.300. The zero-order valence-corrected chi connectivity index (χ0v) is 11.2. The van der Waals surface area contributed by atoms with Gasteiger partial charge in [0.05, 0.1) is 0 Å². The van der Waals surface area contributed by atoms with Crippen molar-refractivity contribution < 1.29 is 18.3 Å². The minimum atomic E-state index is -4.11. The summed E-state index contributed by atoms with van der Waals surface area (Å²) in [4.78, 5) is 10.9. The molecule has 0 radical (unpaired) electrons. The van der Waals surface area contributed by atoms with Gasteiger partial charge < -0.3 is 10.4 Å². The van der Waals surface area contributed by atoms with Gasteiger partial charge in [0, 0.05) is 11.6 Å². The van der Waals surface area contributed by atoms with Gasteiger partial charge in [-0.1, -0.05) is 18.5 Å². The van der Waals surface area contributed by atoms with Crippen LogP contribution in [0.2, 0.25) is 5.02 Å². The zero-order valence-electron chi connectivity index (χ0n) is 9.60. The van der Waals surface area contributed by atoms with Crippen molar-refractivity contribution in [1.82, 2.24) is 10.0 Å². The number of phenols is 1. The van der Waals surface area contributed by atoms with Crippen LogP contribution < -0.4 is 10.0 Å². The predicted octanol–water partition coefficient (Wildman–Crippen LogP) is 1.44. The quantitative estimate of drug-likeness (QED) is 0.782. The summed E-state index contributed by atoms with van der Waals surface area (Å²) in [6, 6.07) is 2.67. The molecule has 0 aromatic heterocycles. The van der Waals surface area contributed by atoms with E-state index in [9.17, 15) is 18.3 Å². The maximum absolute atomic E-state index is 11.8. The molecule has 3 N–H and O–H groups in total. The van der Waals surface area contributed by atoms with E-state index in [1.807, 2.05) is 6.92 Å². The van der Waals surface area contributed by atoms with Crippen LogP contribution in [-0.2, 0) is 10.0 Å². The molecule has 0 bridgehead atoms. The Labute approximate surface area is 110 Å². The van der Waals surface area contributed by atoms with Crippen molar-refractivity contribution in [3.8, 4) is 5.75 Å². The Morgan fingerprint density at radius 3 is 2.67 bits per heavy atom. The molecular formula is C10H13ClN2O4S. The number of nitrogens with one attached hydrogen (secondary N) is 2. The first kappa shape index (κ1) is 14.6. The van der Waals surface area contributed by atoms with Gasteiger partial charge in [-0.25, -0.2) is 17.9 Å². The average molecular weight is 293 g/mol. The van der Waals surface area contributed by atoms with Crippen molar-refractivity contribution in [2.45, 2.75) is 18.2 Å². The number of carbonyl (C=O) groups is 1. The molecule has 0 unspecified atom stereocenters. The summed E-state index contributed by atoms with van der Waals surface area (Å²) >= 11 is 5.59. The molecule has 0 fully saturated rings. The Bertz CT molecular complexity index is 545. The molecule has 0 saturated heterocycles. The fourth-order valence-electron chi connectivity index (χ4n) is 1.17. The molecule has 0 atom stereocenters. The average Bonchev–Trinajstić information content (AvgIpc) is 2.25. The van der Waals surface area contributed by atoms with Crippen LogP contribution >= 0.6 is 11.6 Å². The molecule has 0 saturated carbocycles. The number of benzene rings is 1. The van der Waals surface area contributed by atoms with Gasteiger partial charge in [-0.3, -0.25) is 0 Å². The van der Waals surface area contributed by atoms with Gasteiger partial charge in [-0.15, -0.1) is 0 Å². The summed E-state index contributed by atoms with van der Waals surface area (Å²) in [5.41, 5.74) is 0. The van der Waals surface area contributed by atoms with Crippen molar-refractivity contribution >= 4 is 27.7 Å². The van der Waals surface area contributed by atoms with E-state index in [-0.39, 0.29) is 5.02 Å². The first-order chi connectivity index (χ1) is 8.36. The van der Waals surface area contributed by atoms with Gasteiger partial charge in [-0.2, -0.15) is 0 Å². The van der Waals surface area contributed by atoms with Gasteiger partial charge in [0.25, 0.3) is 10.0 Å². The molecule has 0 aliphatic heterocycles. The number of hydrogen-bond acceptors (Lipinski definition) is 4. The standard InChI is InChI=1S/C10H13ClN2O4S/c1-2-5-12-10(15)13-18(16,17)9-4-3-7(11)6-8(9)14/h3-4,6,14H,2,5H2,1H3,(H2,12,13,15). The van der Waals surface area contributed by atoms with Crippen molar-refractivity contribution in [2.75, 3.05) is 6.54 Å². The Morgan fingerprint density at radius 1 is 1.44 bits per heavy atom. The lowest BCUT2D eigenvalue weighted by molar-refractivity contribution is 0.246. The second-order valence-corrected chi connectivity index (χ2v) is 5.56. The maximum atomic E-state index is 11.8. The summed E-state index contributed by atoms with van der Waals surface area (Å²) in [5, 5.41) is 12.0. The van der Waals surface area contributed by atoms with E-state index in [0.717, 1.165) is 12.1 Å². The highest BCUT2D eigenvalue weighted by Crippen LogP contribution is 2.25. The Hall–Kier alpha value is -1.47. The molecular weight excluding hydrogens is 280 g/mol. The molecule has 100 valence electrons. The highest BCUT2D eigenvalue weighted by molar-refractivity contribution is 7.90. The van der Waals surface area contributed by atoms with Crippen LogP contribution in [0.15, 0.2) is 23.1 Å². The predicted molar refractivity (Wildman–Crippen MR) is 67.1 cm³/mol. The number of rotatable bonds is 4. The fourth-order valence-corrected chi connectivity index (χ4v) is 2.34. The van der Waals surface area contributed by atoms with Gasteiger partial charge in [0.1, 0.15) is 10.6 Å². The number of urea groups is 1. The summed E-state index contributed by atoms with van der Waals surface area (Å²) in [5.74, 6) is -0.515. The highest BCUT2D eigenvalue weighted by Gasteiger charge is 2.21. The number of amides is 2. The number of halogens is 1. The van der Waals surface area contributed by atoms with E-state index < -0.39 is 26.7 Å². The minimum Gasteiger partial charge on any atom is -0.506 e. The first-order valence-corrected chi connectivity index (χ1v) is 7.02. The van der Waals surface area contributed by atoms with Crippen LogP contribution in [0.1, 0.15) is 13.3 Å². The molecule has 1 rings (SSSR count). The van der Waals surface area contributed by atoms with E-state index >= 15 is 0 Å². The molecule has 1 aromatic rings. The minimum absolute atomic E-state index is 0.196. The van der Waals surface area contributed by atoms with E-state index in [1.165, 1.54) is 6.07 Å². The molecule has 18 heavy (non-hydrogen) atoms. The number of aromatic hydroxyl groups is 1. The second-order valence-electron chi connectivity index (χ2n) is 3.47. The van der Waals surface area contributed by atoms with Gasteiger partial charge in [0.2, 0.25) is 0 Å². The largest absolute Gasteiger partial charge is 0.506 e. The Balaban J connectivity index is 2.90. The monoisotopic (exact) mass is 292 g/mol. The van der Waals surface area contributed by atoms with Crippen LogP contribution in [0, 0.1) is 0 Å². The number of phenolic OH excluding ortho intramolecular Hbond substituents is 1. The topological polar surface area (TPSA) is 95.5 Å². The van der Waals surface area contributed by atoms with Crippen LogP contribution in [-0.4, -0.2) is 26.1 Å². The van der Waals surface area contributed by atoms with E-state index in [4.69, 9.17) is 11.6 Å². The molecule has 2 amide bonds. The smallest absolute Gasteiger partial charge is 0.328 e. The molecule has 1 aromatic carbocycles. The van der Waals surface area contributed by atoms with Crippen molar-refractivity contribution in [2.24, 2.45) is 0 Å². The lowest BCUT2D eigenvalue weighted by Gasteiger charge is -2.09. The van der Waals surface area contributed by atoms with Crippen LogP contribution in [0.25, 0.3) is 0 Å². The van der Waals surface area contributed by atoms with Crippen LogP contribution in [0.5, 0.6) is 5.75 Å². The van der Waals surface area contributed by atoms with Gasteiger partial charge >= 0.3 is 6.03 Å². The van der Waals surface area contributed by atoms with Crippen molar-refractivity contribution in [3.05, 3.63) is 23.2 Å². The molecule has 6 nitrogen and oxygen atoms in total. The van der Waals surface area contributed by atoms with Gasteiger partial charge in [0.15, 0.2) is 0 Å². The van der Waals surface area contributed by atoms with E-state index in [1.54, 1.807) is 4.72 Å². The summed E-state index contributed by atoms with van der Waals surface area (Å²) in [7, 11) is -4.11. The summed E-state index contributed by atoms with van der Waals surface area (Å²) in [6.07, 6.45) is 0.680. The third kappa shape index (κ3) is 3.78. The normalized spacial score (nSPS) is 11.0. The van der Waals surface area contributed by atoms with Gasteiger partial charge in [-0.05, 0) is 24.6 Å². The Morgan fingerprint density at radius 2 is 2.11 bits per heavy atom. The zero-order chi connectivity index (χ0) is 13.8. The molecule has 0 aliphatic rings. The molecule has 0 heterocycles. The number of sulfonamides is 1. The second kappa shape index (κ2) is 5.92. The Kier molecular flexibility index (Phi) is 4.80. The highest BCUT2D eigenvalue weighted by atomic mass is 35.5.